The maximum Gasteiger partial charge on any atom is 0.244 e. The smallest absolute Gasteiger partial charge is 0.244 e. The Kier molecular flexibility index (Phi) is 5.24. The second-order valence-corrected chi connectivity index (χ2v) is 6.72. The summed E-state index contributed by atoms with van der Waals surface area (Å²) in [5.74, 6) is -0.0785. The van der Waals surface area contributed by atoms with Crippen molar-refractivity contribution in [2.24, 2.45) is 0 Å². The zero-order valence-electron chi connectivity index (χ0n) is 13.5. The highest BCUT2D eigenvalue weighted by atomic mass is 32.1. The highest BCUT2D eigenvalue weighted by Crippen LogP contribution is 2.28. The third kappa shape index (κ3) is 4.43. The molecule has 2 nitrogen and oxygen atoms in total. The van der Waals surface area contributed by atoms with Crippen molar-refractivity contribution >= 4 is 23.3 Å². The highest BCUT2D eigenvalue weighted by Gasteiger charge is 2.01. The van der Waals surface area contributed by atoms with Crippen LogP contribution in [-0.2, 0) is 11.3 Å². The molecule has 0 unspecified atom stereocenters. The summed E-state index contributed by atoms with van der Waals surface area (Å²) in [7, 11) is 0. The van der Waals surface area contributed by atoms with E-state index in [-0.39, 0.29) is 5.91 Å². The summed E-state index contributed by atoms with van der Waals surface area (Å²) in [5, 5.41) is 2.91. The number of hydrogen-bond donors (Lipinski definition) is 1. The molecule has 2 aromatic carbocycles. The summed E-state index contributed by atoms with van der Waals surface area (Å²) in [6.45, 7) is 2.60. The van der Waals surface area contributed by atoms with Crippen LogP contribution in [0.5, 0.6) is 0 Å². The molecule has 0 fully saturated rings. The van der Waals surface area contributed by atoms with Gasteiger partial charge in [0, 0.05) is 22.4 Å². The fraction of sp³-hybridized carbons (Fsp3) is 0.0952. The lowest BCUT2D eigenvalue weighted by Gasteiger charge is -2.02. The Hall–Kier alpha value is -2.65. The number of hydrogen-bond acceptors (Lipinski definition) is 2. The normalized spacial score (nSPS) is 10.9. The number of amides is 1. The Bertz CT molecular complexity index is 832. The Labute approximate surface area is 146 Å². The third-order valence-electron chi connectivity index (χ3n) is 3.67. The minimum absolute atomic E-state index is 0.0785. The van der Waals surface area contributed by atoms with E-state index in [1.54, 1.807) is 17.4 Å². The molecule has 0 bridgehead atoms. The number of rotatable bonds is 5. The van der Waals surface area contributed by atoms with E-state index in [0.29, 0.717) is 6.54 Å². The van der Waals surface area contributed by atoms with Gasteiger partial charge >= 0.3 is 0 Å². The topological polar surface area (TPSA) is 29.1 Å². The molecular weight excluding hydrogens is 314 g/mol. The predicted molar refractivity (Wildman–Crippen MR) is 102 cm³/mol. The zero-order valence-corrected chi connectivity index (χ0v) is 14.3. The van der Waals surface area contributed by atoms with E-state index < -0.39 is 0 Å². The van der Waals surface area contributed by atoms with Gasteiger partial charge in [-0.2, -0.15) is 0 Å². The molecule has 0 saturated carbocycles. The van der Waals surface area contributed by atoms with Gasteiger partial charge in [-0.3, -0.25) is 4.79 Å². The highest BCUT2D eigenvalue weighted by molar-refractivity contribution is 7.16. The molecule has 0 radical (unpaired) electrons. The summed E-state index contributed by atoms with van der Waals surface area (Å²) in [4.78, 5) is 14.2. The Morgan fingerprint density at radius 3 is 2.50 bits per heavy atom. The minimum atomic E-state index is -0.0785. The van der Waals surface area contributed by atoms with Crippen LogP contribution in [-0.4, -0.2) is 5.91 Å². The molecule has 0 spiro atoms. The van der Waals surface area contributed by atoms with Gasteiger partial charge in [0.25, 0.3) is 0 Å². The van der Waals surface area contributed by atoms with Crippen LogP contribution in [0.1, 0.15) is 16.0 Å². The van der Waals surface area contributed by atoms with Crippen LogP contribution in [0.25, 0.3) is 16.5 Å². The number of aryl methyl sites for hydroxylation is 1. The zero-order chi connectivity index (χ0) is 16.8. The molecule has 1 aromatic heterocycles. The van der Waals surface area contributed by atoms with Crippen molar-refractivity contribution in [3.8, 4) is 10.4 Å². The lowest BCUT2D eigenvalue weighted by molar-refractivity contribution is -0.116. The van der Waals surface area contributed by atoms with Crippen molar-refractivity contribution in [1.29, 1.82) is 0 Å². The van der Waals surface area contributed by atoms with Gasteiger partial charge in [0.2, 0.25) is 5.91 Å². The van der Waals surface area contributed by atoms with Crippen LogP contribution in [0.15, 0.2) is 72.8 Å². The average molecular weight is 333 g/mol. The average Bonchev–Trinajstić information content (AvgIpc) is 3.09. The van der Waals surface area contributed by atoms with Gasteiger partial charge in [-0.15, -0.1) is 11.3 Å². The molecular formula is C21H19NOS. The predicted octanol–water partition coefficient (Wildman–Crippen LogP) is 5.05. The van der Waals surface area contributed by atoms with Crippen molar-refractivity contribution in [1.82, 2.24) is 5.32 Å². The van der Waals surface area contributed by atoms with Gasteiger partial charge in [0.15, 0.2) is 0 Å². The van der Waals surface area contributed by atoms with Crippen molar-refractivity contribution in [3.63, 3.8) is 0 Å². The third-order valence-corrected chi connectivity index (χ3v) is 4.77. The second-order valence-electron chi connectivity index (χ2n) is 5.60. The second kappa shape index (κ2) is 7.75. The monoisotopic (exact) mass is 333 g/mol. The molecule has 0 aliphatic rings. The number of carbonyl (C=O) groups is 1. The number of carbonyl (C=O) groups excluding carboxylic acids is 1. The van der Waals surface area contributed by atoms with E-state index in [1.165, 1.54) is 16.0 Å². The van der Waals surface area contributed by atoms with Gasteiger partial charge < -0.3 is 5.32 Å². The molecule has 0 atom stereocenters. The summed E-state index contributed by atoms with van der Waals surface area (Å²) >= 11 is 1.68. The molecule has 0 saturated heterocycles. The Morgan fingerprint density at radius 2 is 1.75 bits per heavy atom. The van der Waals surface area contributed by atoms with Crippen LogP contribution < -0.4 is 5.32 Å². The molecule has 1 heterocycles. The quantitative estimate of drug-likeness (QED) is 0.650. The van der Waals surface area contributed by atoms with E-state index in [2.05, 4.69) is 30.4 Å². The van der Waals surface area contributed by atoms with Crippen molar-refractivity contribution in [3.05, 3.63) is 88.8 Å². The Morgan fingerprint density at radius 1 is 1.00 bits per heavy atom. The maximum absolute atomic E-state index is 11.9. The summed E-state index contributed by atoms with van der Waals surface area (Å²) < 4.78 is 0. The van der Waals surface area contributed by atoms with Crippen LogP contribution in [0.2, 0.25) is 0 Å². The molecule has 0 aliphatic heterocycles. The molecule has 3 rings (SSSR count). The molecule has 1 N–H and O–H groups in total. The van der Waals surface area contributed by atoms with Crippen LogP contribution in [0.3, 0.4) is 0 Å². The minimum Gasteiger partial charge on any atom is -0.348 e. The van der Waals surface area contributed by atoms with E-state index in [0.717, 1.165) is 10.4 Å². The van der Waals surface area contributed by atoms with Crippen molar-refractivity contribution < 1.29 is 4.79 Å². The molecule has 0 aliphatic carbocycles. The summed E-state index contributed by atoms with van der Waals surface area (Å²) in [6.07, 6.45) is 3.45. The van der Waals surface area contributed by atoms with E-state index >= 15 is 0 Å². The first-order valence-electron chi connectivity index (χ1n) is 7.87. The largest absolute Gasteiger partial charge is 0.348 e. The fourth-order valence-corrected chi connectivity index (χ4v) is 3.23. The molecule has 24 heavy (non-hydrogen) atoms. The molecule has 120 valence electrons. The van der Waals surface area contributed by atoms with Gasteiger partial charge in [-0.25, -0.2) is 0 Å². The van der Waals surface area contributed by atoms with E-state index in [1.807, 2.05) is 54.6 Å². The van der Waals surface area contributed by atoms with Crippen LogP contribution in [0.4, 0.5) is 0 Å². The van der Waals surface area contributed by atoms with Crippen LogP contribution >= 0.6 is 11.3 Å². The number of thiophene rings is 1. The van der Waals surface area contributed by atoms with Crippen LogP contribution in [0, 0.1) is 6.92 Å². The lowest BCUT2D eigenvalue weighted by Crippen LogP contribution is -2.20. The first-order chi connectivity index (χ1) is 11.7. The van der Waals surface area contributed by atoms with Gasteiger partial charge in [-0.1, -0.05) is 60.2 Å². The van der Waals surface area contributed by atoms with Gasteiger partial charge in [0.1, 0.15) is 0 Å². The first-order valence-corrected chi connectivity index (χ1v) is 8.69. The molecule has 3 aromatic rings. The first kappa shape index (κ1) is 16.2. The molecule has 1 amide bonds. The molecule has 3 heteroatoms. The number of nitrogens with one attached hydrogen (secondary N) is 1. The standard InChI is InChI=1S/C21H19NOS/c1-16-7-9-17(10-8-16)15-22-21(23)14-12-19-11-13-20(24-19)18-5-3-2-4-6-18/h2-14H,15H2,1H3,(H,22,23)/b14-12+. The maximum atomic E-state index is 11.9. The lowest BCUT2D eigenvalue weighted by atomic mass is 10.1. The number of benzene rings is 2. The van der Waals surface area contributed by atoms with E-state index in [9.17, 15) is 4.79 Å². The van der Waals surface area contributed by atoms with Crippen molar-refractivity contribution in [2.45, 2.75) is 13.5 Å². The Balaban J connectivity index is 1.56. The fourth-order valence-electron chi connectivity index (χ4n) is 2.31. The van der Waals surface area contributed by atoms with Gasteiger partial charge in [0.05, 0.1) is 0 Å². The summed E-state index contributed by atoms with van der Waals surface area (Å²) in [5.41, 5.74) is 3.52. The van der Waals surface area contributed by atoms with Gasteiger partial charge in [-0.05, 0) is 36.3 Å². The summed E-state index contributed by atoms with van der Waals surface area (Å²) in [6, 6.07) is 22.5. The SMILES string of the molecule is Cc1ccc(CNC(=O)/C=C/c2ccc(-c3ccccc3)s2)cc1. The van der Waals surface area contributed by atoms with Crippen molar-refractivity contribution in [2.75, 3.05) is 0 Å². The van der Waals surface area contributed by atoms with E-state index in [4.69, 9.17) is 0 Å².